The fourth-order valence-corrected chi connectivity index (χ4v) is 7.28. The summed E-state index contributed by atoms with van der Waals surface area (Å²) in [5.41, 5.74) is 12.8. The minimum Gasteiger partial charge on any atom is -0.309 e. The van der Waals surface area contributed by atoms with E-state index in [9.17, 15) is 0 Å². The number of nitrogens with zero attached hydrogens (tertiary/aromatic N) is 6. The topological polar surface area (TPSA) is 61.4 Å². The van der Waals surface area contributed by atoms with Crippen LogP contribution >= 0.6 is 0 Å². The Morgan fingerprint density at radius 3 is 1.40 bits per heavy atom. The molecule has 0 aliphatic carbocycles. The molecule has 0 radical (unpaired) electrons. The molecule has 6 heterocycles. The quantitative estimate of drug-likeness (QED) is 0.188. The maximum Gasteiger partial charge on any atom is 0.0731 e. The first kappa shape index (κ1) is 28.1. The van der Waals surface area contributed by atoms with Crippen LogP contribution in [-0.2, 0) is 0 Å². The number of rotatable bonds is 5. The molecule has 0 aliphatic heterocycles. The van der Waals surface area contributed by atoms with E-state index in [1.54, 1.807) is 6.20 Å². The van der Waals surface area contributed by atoms with E-state index in [1.165, 1.54) is 10.8 Å². The highest BCUT2D eigenvalue weighted by Crippen LogP contribution is 2.35. The van der Waals surface area contributed by atoms with Crippen molar-refractivity contribution in [3.05, 3.63) is 171 Å². The fraction of sp³-hybridized carbons (Fsp3) is 0. The molecular formula is C44H28N6. The average Bonchev–Trinajstić information content (AvgIpc) is 3.71. The molecule has 6 heteroatoms. The summed E-state index contributed by atoms with van der Waals surface area (Å²) in [4.78, 5) is 18.4. The standard InChI is InChI=1S/C44H28N6/c1-3-9-41-35(7-1)37-27-46-22-19-43(37)49(41)33-15-11-29(12-16-33)32-24-39(48-40(25-32)31-6-5-21-45-26-31)30-13-17-34(18-14-30)50-42-10-4-2-8-36(42)38-28-47-23-20-44(38)50/h1-28H. The normalized spacial score (nSPS) is 11.6. The third-order valence-corrected chi connectivity index (χ3v) is 9.61. The molecule has 6 aromatic heterocycles. The van der Waals surface area contributed by atoms with Crippen LogP contribution in [0, 0.1) is 0 Å². The Kier molecular flexibility index (Phi) is 6.39. The van der Waals surface area contributed by atoms with E-state index in [1.807, 2.05) is 37.1 Å². The summed E-state index contributed by atoms with van der Waals surface area (Å²) in [5, 5.41) is 4.68. The Labute approximate surface area is 287 Å². The van der Waals surface area contributed by atoms with Gasteiger partial charge in [0.05, 0.1) is 33.5 Å². The maximum absolute atomic E-state index is 5.15. The predicted molar refractivity (Wildman–Crippen MR) is 203 cm³/mol. The highest BCUT2D eigenvalue weighted by molar-refractivity contribution is 6.09. The molecule has 6 nitrogen and oxygen atoms in total. The highest BCUT2D eigenvalue weighted by Gasteiger charge is 2.15. The van der Waals surface area contributed by atoms with Crippen molar-refractivity contribution < 1.29 is 0 Å². The molecule has 10 aromatic rings. The van der Waals surface area contributed by atoms with Crippen molar-refractivity contribution in [2.45, 2.75) is 0 Å². The first-order valence-corrected chi connectivity index (χ1v) is 16.6. The minimum absolute atomic E-state index is 0.878. The van der Waals surface area contributed by atoms with Gasteiger partial charge in [-0.3, -0.25) is 15.0 Å². The van der Waals surface area contributed by atoms with Crippen LogP contribution in [0.2, 0.25) is 0 Å². The van der Waals surface area contributed by atoms with Gasteiger partial charge in [-0.1, -0.05) is 60.7 Å². The molecule has 4 aromatic carbocycles. The van der Waals surface area contributed by atoms with Crippen LogP contribution in [0.3, 0.4) is 0 Å². The Morgan fingerprint density at radius 1 is 0.340 bits per heavy atom. The van der Waals surface area contributed by atoms with Gasteiger partial charge in [-0.05, 0) is 83.9 Å². The lowest BCUT2D eigenvalue weighted by Gasteiger charge is -2.13. The van der Waals surface area contributed by atoms with Crippen LogP contribution in [0.4, 0.5) is 0 Å². The number of hydrogen-bond donors (Lipinski definition) is 0. The monoisotopic (exact) mass is 640 g/mol. The van der Waals surface area contributed by atoms with Crippen LogP contribution in [0.25, 0.3) is 88.6 Å². The first-order chi connectivity index (χ1) is 24.8. The van der Waals surface area contributed by atoms with Gasteiger partial charge >= 0.3 is 0 Å². The van der Waals surface area contributed by atoms with Gasteiger partial charge in [0.25, 0.3) is 0 Å². The lowest BCUT2D eigenvalue weighted by Crippen LogP contribution is -1.96. The van der Waals surface area contributed by atoms with Gasteiger partial charge < -0.3 is 9.13 Å². The number of hydrogen-bond acceptors (Lipinski definition) is 4. The molecule has 0 amide bonds. The third kappa shape index (κ3) is 4.50. The van der Waals surface area contributed by atoms with Crippen LogP contribution in [0.5, 0.6) is 0 Å². The average molecular weight is 641 g/mol. The second-order valence-corrected chi connectivity index (χ2v) is 12.5. The number of fused-ring (bicyclic) bond motifs is 6. The summed E-state index contributed by atoms with van der Waals surface area (Å²) in [7, 11) is 0. The van der Waals surface area contributed by atoms with Crippen molar-refractivity contribution in [1.29, 1.82) is 0 Å². The molecule has 0 spiro atoms. The predicted octanol–water partition coefficient (Wildman–Crippen LogP) is 10.5. The molecule has 0 saturated carbocycles. The van der Waals surface area contributed by atoms with Crippen molar-refractivity contribution in [2.75, 3.05) is 0 Å². The summed E-state index contributed by atoms with van der Waals surface area (Å²) in [6.07, 6.45) is 11.3. The summed E-state index contributed by atoms with van der Waals surface area (Å²) in [5.74, 6) is 0. The van der Waals surface area contributed by atoms with Gasteiger partial charge in [0, 0.05) is 81.2 Å². The lowest BCUT2D eigenvalue weighted by atomic mass is 10.00. The van der Waals surface area contributed by atoms with Gasteiger partial charge in [-0.25, -0.2) is 4.98 Å². The van der Waals surface area contributed by atoms with Crippen molar-refractivity contribution in [3.8, 4) is 45.0 Å². The van der Waals surface area contributed by atoms with Crippen molar-refractivity contribution in [1.82, 2.24) is 29.1 Å². The smallest absolute Gasteiger partial charge is 0.0731 e. The van der Waals surface area contributed by atoms with Crippen LogP contribution < -0.4 is 0 Å². The summed E-state index contributed by atoms with van der Waals surface area (Å²) in [6, 6.07) is 47.0. The van der Waals surface area contributed by atoms with Gasteiger partial charge in [0.15, 0.2) is 0 Å². The SMILES string of the molecule is c1cncc(-c2cc(-c3ccc(-n4c5ccccc5c5cnccc54)cc3)cc(-c3ccc(-n4c5ccccc5c5cnccc54)cc3)n2)c1. The van der Waals surface area contributed by atoms with E-state index in [4.69, 9.17) is 4.98 Å². The van der Waals surface area contributed by atoms with Gasteiger partial charge in [0.1, 0.15) is 0 Å². The van der Waals surface area contributed by atoms with Crippen molar-refractivity contribution in [3.63, 3.8) is 0 Å². The molecule has 10 rings (SSSR count). The fourth-order valence-electron chi connectivity index (χ4n) is 7.28. The Morgan fingerprint density at radius 2 is 0.840 bits per heavy atom. The lowest BCUT2D eigenvalue weighted by molar-refractivity contribution is 1.17. The second-order valence-electron chi connectivity index (χ2n) is 12.5. The Bertz CT molecular complexity index is 2570. The molecule has 234 valence electrons. The summed E-state index contributed by atoms with van der Waals surface area (Å²) >= 11 is 0. The minimum atomic E-state index is 0.878. The van der Waals surface area contributed by atoms with E-state index in [2.05, 4.69) is 151 Å². The summed E-state index contributed by atoms with van der Waals surface area (Å²) in [6.45, 7) is 0. The molecule has 0 unspecified atom stereocenters. The third-order valence-electron chi connectivity index (χ3n) is 9.61. The number of para-hydroxylation sites is 2. The van der Waals surface area contributed by atoms with E-state index in [-0.39, 0.29) is 0 Å². The molecule has 0 fully saturated rings. The van der Waals surface area contributed by atoms with Crippen LogP contribution in [0.1, 0.15) is 0 Å². The Hall–Kier alpha value is -6.92. The van der Waals surface area contributed by atoms with E-state index >= 15 is 0 Å². The molecule has 0 N–H and O–H groups in total. The van der Waals surface area contributed by atoms with Gasteiger partial charge in [0.2, 0.25) is 0 Å². The molecule has 0 aliphatic rings. The van der Waals surface area contributed by atoms with Crippen molar-refractivity contribution >= 4 is 43.6 Å². The molecule has 50 heavy (non-hydrogen) atoms. The van der Waals surface area contributed by atoms with E-state index in [0.29, 0.717) is 0 Å². The number of aromatic nitrogens is 6. The molecular weight excluding hydrogens is 613 g/mol. The highest BCUT2D eigenvalue weighted by atomic mass is 15.0. The molecule has 0 atom stereocenters. The number of benzene rings is 4. The van der Waals surface area contributed by atoms with Crippen LogP contribution in [-0.4, -0.2) is 29.1 Å². The van der Waals surface area contributed by atoms with Crippen LogP contribution in [0.15, 0.2) is 171 Å². The number of pyridine rings is 4. The molecule has 0 bridgehead atoms. The first-order valence-electron chi connectivity index (χ1n) is 16.6. The van der Waals surface area contributed by atoms with Crippen molar-refractivity contribution in [2.24, 2.45) is 0 Å². The molecule has 0 saturated heterocycles. The summed E-state index contributed by atoms with van der Waals surface area (Å²) < 4.78 is 4.61. The second kappa shape index (κ2) is 11.4. The zero-order valence-electron chi connectivity index (χ0n) is 26.8. The van der Waals surface area contributed by atoms with Gasteiger partial charge in [-0.15, -0.1) is 0 Å². The van der Waals surface area contributed by atoms with E-state index < -0.39 is 0 Å². The van der Waals surface area contributed by atoms with E-state index in [0.717, 1.165) is 77.9 Å². The zero-order valence-corrected chi connectivity index (χ0v) is 26.8. The largest absolute Gasteiger partial charge is 0.309 e. The maximum atomic E-state index is 5.15. The van der Waals surface area contributed by atoms with Gasteiger partial charge in [-0.2, -0.15) is 0 Å². The Balaban J connectivity index is 1.07. The zero-order chi connectivity index (χ0) is 33.0.